The van der Waals surface area contributed by atoms with E-state index in [1.54, 1.807) is 7.11 Å². The smallest absolute Gasteiger partial charge is 0.165 e. The Bertz CT molecular complexity index is 538. The molecule has 1 aliphatic heterocycles. The number of hydrogen-bond donors (Lipinski definition) is 0. The zero-order chi connectivity index (χ0) is 14.5. The van der Waals surface area contributed by atoms with Crippen LogP contribution in [0.25, 0.3) is 0 Å². The van der Waals surface area contributed by atoms with Gasteiger partial charge >= 0.3 is 0 Å². The summed E-state index contributed by atoms with van der Waals surface area (Å²) >= 11 is 0. The Morgan fingerprint density at radius 2 is 2.15 bits per heavy atom. The molecule has 3 heteroatoms. The fourth-order valence-corrected chi connectivity index (χ4v) is 4.08. The Morgan fingerprint density at radius 3 is 2.75 bits per heavy atom. The standard InChI is InChI=1S/C17H23FO2/c1-5-12-8-9-17(20-12)14-11(10-16(17,2)3)6-7-13(18)15(14)19-4/h6-7,12H,5,8-10H2,1-4H3. The van der Waals surface area contributed by atoms with E-state index in [0.29, 0.717) is 5.75 Å². The summed E-state index contributed by atoms with van der Waals surface area (Å²) in [4.78, 5) is 0. The molecule has 2 unspecified atom stereocenters. The third-order valence-corrected chi connectivity index (χ3v) is 5.17. The van der Waals surface area contributed by atoms with Crippen molar-refractivity contribution in [3.8, 4) is 5.75 Å². The monoisotopic (exact) mass is 278 g/mol. The van der Waals surface area contributed by atoms with E-state index in [2.05, 4.69) is 20.8 Å². The molecule has 1 aliphatic carbocycles. The van der Waals surface area contributed by atoms with Gasteiger partial charge in [0, 0.05) is 11.0 Å². The Balaban J connectivity index is 2.19. The molecular formula is C17H23FO2. The first-order chi connectivity index (χ1) is 9.45. The minimum absolute atomic E-state index is 0.0275. The van der Waals surface area contributed by atoms with Gasteiger partial charge in [0.05, 0.1) is 13.2 Å². The minimum Gasteiger partial charge on any atom is -0.493 e. The van der Waals surface area contributed by atoms with Gasteiger partial charge in [0.1, 0.15) is 5.60 Å². The highest BCUT2D eigenvalue weighted by Crippen LogP contribution is 2.61. The van der Waals surface area contributed by atoms with Crippen LogP contribution in [-0.4, -0.2) is 13.2 Å². The molecule has 0 radical (unpaired) electrons. The zero-order valence-corrected chi connectivity index (χ0v) is 12.8. The molecule has 2 atom stereocenters. The van der Waals surface area contributed by atoms with Gasteiger partial charge in [-0.3, -0.25) is 0 Å². The number of benzene rings is 1. The first-order valence-corrected chi connectivity index (χ1v) is 7.49. The second kappa shape index (κ2) is 4.45. The molecule has 110 valence electrons. The van der Waals surface area contributed by atoms with Gasteiger partial charge in [-0.15, -0.1) is 0 Å². The summed E-state index contributed by atoms with van der Waals surface area (Å²) in [7, 11) is 1.55. The van der Waals surface area contributed by atoms with Crippen molar-refractivity contribution in [1.29, 1.82) is 0 Å². The van der Waals surface area contributed by atoms with E-state index in [4.69, 9.17) is 9.47 Å². The first-order valence-electron chi connectivity index (χ1n) is 7.49. The van der Waals surface area contributed by atoms with Gasteiger partial charge in [0.15, 0.2) is 11.6 Å². The van der Waals surface area contributed by atoms with Crippen LogP contribution in [0.2, 0.25) is 0 Å². The number of ether oxygens (including phenoxy) is 2. The molecule has 0 N–H and O–H groups in total. The molecule has 0 aromatic heterocycles. The fraction of sp³-hybridized carbons (Fsp3) is 0.647. The van der Waals surface area contributed by atoms with E-state index in [-0.39, 0.29) is 17.3 Å². The third kappa shape index (κ3) is 1.65. The van der Waals surface area contributed by atoms with Gasteiger partial charge < -0.3 is 9.47 Å². The molecule has 1 spiro atoms. The number of rotatable bonds is 2. The van der Waals surface area contributed by atoms with E-state index < -0.39 is 5.60 Å². The summed E-state index contributed by atoms with van der Waals surface area (Å²) in [5.74, 6) is 0.0942. The Kier molecular flexibility index (Phi) is 3.09. The quantitative estimate of drug-likeness (QED) is 0.807. The number of fused-ring (bicyclic) bond motifs is 2. The maximum Gasteiger partial charge on any atom is 0.165 e. The second-order valence-corrected chi connectivity index (χ2v) is 6.69. The molecule has 1 saturated heterocycles. The molecule has 3 rings (SSSR count). The molecule has 20 heavy (non-hydrogen) atoms. The van der Waals surface area contributed by atoms with Gasteiger partial charge in [0.25, 0.3) is 0 Å². The lowest BCUT2D eigenvalue weighted by atomic mass is 9.73. The van der Waals surface area contributed by atoms with Crippen LogP contribution in [0.15, 0.2) is 12.1 Å². The lowest BCUT2D eigenvalue weighted by Crippen LogP contribution is -2.39. The lowest BCUT2D eigenvalue weighted by molar-refractivity contribution is -0.112. The summed E-state index contributed by atoms with van der Waals surface area (Å²) in [6.45, 7) is 6.60. The van der Waals surface area contributed by atoms with Gasteiger partial charge in [0.2, 0.25) is 0 Å². The maximum atomic E-state index is 14.1. The molecule has 0 saturated carbocycles. The minimum atomic E-state index is -0.392. The number of hydrogen-bond acceptors (Lipinski definition) is 2. The van der Waals surface area contributed by atoms with Crippen molar-refractivity contribution in [2.45, 2.75) is 58.2 Å². The van der Waals surface area contributed by atoms with Crippen LogP contribution in [0.1, 0.15) is 51.2 Å². The highest BCUT2D eigenvalue weighted by molar-refractivity contribution is 5.51. The van der Waals surface area contributed by atoms with E-state index in [9.17, 15) is 4.39 Å². The number of halogens is 1. The fourth-order valence-electron chi connectivity index (χ4n) is 4.08. The van der Waals surface area contributed by atoms with E-state index in [1.807, 2.05) is 6.07 Å². The van der Waals surface area contributed by atoms with Crippen LogP contribution < -0.4 is 4.74 Å². The Morgan fingerprint density at radius 1 is 1.40 bits per heavy atom. The van der Waals surface area contributed by atoms with Crippen LogP contribution in [0.4, 0.5) is 4.39 Å². The third-order valence-electron chi connectivity index (χ3n) is 5.17. The predicted molar refractivity (Wildman–Crippen MR) is 76.5 cm³/mol. The number of methoxy groups -OCH3 is 1. The lowest BCUT2D eigenvalue weighted by Gasteiger charge is -2.39. The molecular weight excluding hydrogens is 255 g/mol. The molecule has 1 fully saturated rings. The first kappa shape index (κ1) is 13.9. The largest absolute Gasteiger partial charge is 0.493 e. The molecule has 2 nitrogen and oxygen atoms in total. The van der Waals surface area contributed by atoms with Crippen molar-refractivity contribution >= 4 is 0 Å². The van der Waals surface area contributed by atoms with Gasteiger partial charge in [-0.1, -0.05) is 26.8 Å². The predicted octanol–water partition coefficient (Wildman–Crippen LogP) is 4.20. The van der Waals surface area contributed by atoms with E-state index in [0.717, 1.165) is 31.2 Å². The van der Waals surface area contributed by atoms with Crippen molar-refractivity contribution in [2.24, 2.45) is 5.41 Å². The summed E-state index contributed by atoms with van der Waals surface area (Å²) in [5, 5.41) is 0. The molecule has 0 amide bonds. The van der Waals surface area contributed by atoms with Crippen LogP contribution in [0.5, 0.6) is 5.75 Å². The van der Waals surface area contributed by atoms with E-state index in [1.165, 1.54) is 11.6 Å². The van der Waals surface area contributed by atoms with Crippen LogP contribution in [0, 0.1) is 11.2 Å². The maximum absolute atomic E-state index is 14.1. The highest BCUT2D eigenvalue weighted by Gasteiger charge is 2.58. The van der Waals surface area contributed by atoms with Crippen molar-refractivity contribution in [3.63, 3.8) is 0 Å². The van der Waals surface area contributed by atoms with Crippen molar-refractivity contribution in [2.75, 3.05) is 7.11 Å². The molecule has 0 bridgehead atoms. The average Bonchev–Trinajstić information content (AvgIpc) is 2.93. The van der Waals surface area contributed by atoms with Crippen molar-refractivity contribution in [1.82, 2.24) is 0 Å². The average molecular weight is 278 g/mol. The van der Waals surface area contributed by atoms with Crippen LogP contribution in [-0.2, 0) is 16.8 Å². The second-order valence-electron chi connectivity index (χ2n) is 6.69. The Labute approximate surface area is 120 Å². The van der Waals surface area contributed by atoms with Crippen molar-refractivity contribution in [3.05, 3.63) is 29.1 Å². The summed E-state index contributed by atoms with van der Waals surface area (Å²) < 4.78 is 26.0. The van der Waals surface area contributed by atoms with E-state index >= 15 is 0 Å². The van der Waals surface area contributed by atoms with Gasteiger partial charge in [-0.2, -0.15) is 0 Å². The summed E-state index contributed by atoms with van der Waals surface area (Å²) in [6.07, 6.45) is 4.18. The van der Waals surface area contributed by atoms with Gasteiger partial charge in [-0.05, 0) is 37.3 Å². The van der Waals surface area contributed by atoms with Crippen molar-refractivity contribution < 1.29 is 13.9 Å². The Hall–Kier alpha value is -1.09. The van der Waals surface area contributed by atoms with Gasteiger partial charge in [-0.25, -0.2) is 4.39 Å². The highest BCUT2D eigenvalue weighted by atomic mass is 19.1. The molecule has 1 aromatic carbocycles. The SMILES string of the molecule is CCC1CCC2(O1)c1c(ccc(F)c1OC)CC2(C)C. The van der Waals surface area contributed by atoms with Crippen LogP contribution in [0.3, 0.4) is 0 Å². The normalized spacial score (nSPS) is 30.8. The zero-order valence-electron chi connectivity index (χ0n) is 12.8. The molecule has 1 heterocycles. The summed E-state index contributed by atoms with van der Waals surface area (Å²) in [5.41, 5.74) is 1.71. The van der Waals surface area contributed by atoms with Crippen LogP contribution >= 0.6 is 0 Å². The molecule has 2 aliphatic rings. The summed E-state index contributed by atoms with van der Waals surface area (Å²) in [6, 6.07) is 3.41. The molecule has 1 aromatic rings. The topological polar surface area (TPSA) is 18.5 Å².